The first-order chi connectivity index (χ1) is 13.9. The van der Waals surface area contributed by atoms with Crippen LogP contribution in [0.2, 0.25) is 0 Å². The van der Waals surface area contributed by atoms with Gasteiger partial charge in [0.15, 0.2) is 10.5 Å². The van der Waals surface area contributed by atoms with Crippen LogP contribution in [0.1, 0.15) is 70.1 Å². The van der Waals surface area contributed by atoms with E-state index in [0.29, 0.717) is 35.6 Å². The topological polar surface area (TPSA) is 93.5 Å². The minimum atomic E-state index is -0.597. The van der Waals surface area contributed by atoms with Gasteiger partial charge in [0.2, 0.25) is 5.91 Å². The molecular weight excluding hydrogens is 452 g/mol. The zero-order valence-electron chi connectivity index (χ0n) is 18.7. The third-order valence-electron chi connectivity index (χ3n) is 4.90. The van der Waals surface area contributed by atoms with Crippen molar-refractivity contribution in [1.29, 1.82) is 0 Å². The number of amides is 2. The van der Waals surface area contributed by atoms with Crippen LogP contribution in [-0.4, -0.2) is 51.4 Å². The molecule has 0 spiro atoms. The smallest absolute Gasteiger partial charge is 0.410 e. The van der Waals surface area contributed by atoms with Gasteiger partial charge in [-0.25, -0.2) is 9.78 Å². The molecular formula is C21H33BrN4O4. The monoisotopic (exact) mass is 484 g/mol. The number of aromatic nitrogens is 2. The molecule has 1 aromatic rings. The number of rotatable bonds is 6. The van der Waals surface area contributed by atoms with E-state index in [2.05, 4.69) is 26.2 Å². The highest BCUT2D eigenvalue weighted by atomic mass is 79.9. The van der Waals surface area contributed by atoms with Crippen LogP contribution in [0.4, 0.5) is 4.79 Å². The molecule has 2 amide bonds. The normalized spacial score (nSPS) is 15.4. The number of carbonyl (C=O) groups excluding carboxylic acids is 3. The van der Waals surface area contributed by atoms with E-state index in [1.807, 2.05) is 39.2 Å². The van der Waals surface area contributed by atoms with E-state index in [1.165, 1.54) is 0 Å². The molecule has 1 aliphatic heterocycles. The summed E-state index contributed by atoms with van der Waals surface area (Å²) in [5, 5.41) is 2.65. The fourth-order valence-corrected chi connectivity index (χ4v) is 4.17. The Morgan fingerprint density at radius 3 is 2.47 bits per heavy atom. The Bertz CT molecular complexity index is 798. The van der Waals surface area contributed by atoms with Crippen LogP contribution in [0, 0.1) is 11.8 Å². The van der Waals surface area contributed by atoms with Crippen molar-refractivity contribution in [3.63, 3.8) is 0 Å². The summed E-state index contributed by atoms with van der Waals surface area (Å²) in [6.45, 7) is 10.9. The fourth-order valence-electron chi connectivity index (χ4n) is 3.61. The maximum atomic E-state index is 13.1. The number of carbonyl (C=O) groups is 3. The molecule has 2 heterocycles. The number of hydrogen-bond acceptors (Lipinski definition) is 5. The molecule has 0 unspecified atom stereocenters. The Labute approximate surface area is 186 Å². The summed E-state index contributed by atoms with van der Waals surface area (Å²) in [6, 6.07) is 0. The van der Waals surface area contributed by atoms with E-state index < -0.39 is 17.6 Å². The van der Waals surface area contributed by atoms with Gasteiger partial charge in [0, 0.05) is 32.5 Å². The number of fused-ring (bicyclic) bond motifs is 1. The molecule has 0 saturated heterocycles. The molecule has 1 aliphatic rings. The first kappa shape index (κ1) is 24.4. The summed E-state index contributed by atoms with van der Waals surface area (Å²) in [7, 11) is 1.58. The molecule has 1 N–H and O–H groups in total. The lowest BCUT2D eigenvalue weighted by molar-refractivity contribution is -0.124. The second-order valence-electron chi connectivity index (χ2n) is 9.15. The molecule has 168 valence electrons. The predicted octanol–water partition coefficient (Wildman–Crippen LogP) is 3.77. The van der Waals surface area contributed by atoms with Crippen LogP contribution in [-0.2, 0) is 22.6 Å². The molecule has 0 aromatic carbocycles. The van der Waals surface area contributed by atoms with Crippen molar-refractivity contribution < 1.29 is 19.1 Å². The van der Waals surface area contributed by atoms with Gasteiger partial charge in [-0.2, -0.15) is 0 Å². The standard InChI is InChI=1S/C21H33BrN4O4/c1-13(2)10-14(18(28)23-6)11-16(27)17-15-12-25(20(29)30-21(3,4)5)8-7-9-26(15)19(22)24-17/h13-14H,7-12H2,1-6H3,(H,23,28)/t14-/m1/s1. The molecule has 0 bridgehead atoms. The van der Waals surface area contributed by atoms with Crippen LogP contribution in [0.15, 0.2) is 4.73 Å². The lowest BCUT2D eigenvalue weighted by Gasteiger charge is -2.26. The highest BCUT2D eigenvalue weighted by molar-refractivity contribution is 9.10. The molecule has 0 aliphatic carbocycles. The third kappa shape index (κ3) is 6.30. The Kier molecular flexibility index (Phi) is 8.07. The van der Waals surface area contributed by atoms with Crippen molar-refractivity contribution in [2.24, 2.45) is 11.8 Å². The van der Waals surface area contributed by atoms with Gasteiger partial charge in [-0.3, -0.25) is 9.59 Å². The van der Waals surface area contributed by atoms with Gasteiger partial charge in [-0.1, -0.05) is 13.8 Å². The van der Waals surface area contributed by atoms with Gasteiger partial charge in [0.1, 0.15) is 11.3 Å². The summed E-state index contributed by atoms with van der Waals surface area (Å²) < 4.78 is 8.00. The van der Waals surface area contributed by atoms with Gasteiger partial charge < -0.3 is 19.5 Å². The largest absolute Gasteiger partial charge is 0.444 e. The SMILES string of the molecule is CNC(=O)[C@@H](CC(=O)c1nc(Br)n2c1CN(C(=O)OC(C)(C)C)CCC2)CC(C)C. The highest BCUT2D eigenvalue weighted by Gasteiger charge is 2.31. The summed E-state index contributed by atoms with van der Waals surface area (Å²) in [6.07, 6.45) is 1.02. The van der Waals surface area contributed by atoms with Crippen LogP contribution < -0.4 is 5.32 Å². The van der Waals surface area contributed by atoms with Crippen LogP contribution in [0.25, 0.3) is 0 Å². The fraction of sp³-hybridized carbons (Fsp3) is 0.714. The minimum Gasteiger partial charge on any atom is -0.444 e. The molecule has 2 rings (SSSR count). The van der Waals surface area contributed by atoms with Crippen molar-refractivity contribution in [3.8, 4) is 0 Å². The maximum Gasteiger partial charge on any atom is 0.410 e. The number of Topliss-reactive ketones (excluding diaryl/α,β-unsaturated/α-hetero) is 1. The van der Waals surface area contributed by atoms with E-state index in [9.17, 15) is 14.4 Å². The number of hydrogen-bond donors (Lipinski definition) is 1. The Morgan fingerprint density at radius 1 is 1.23 bits per heavy atom. The number of halogens is 1. The average Bonchev–Trinajstić information content (AvgIpc) is 2.80. The van der Waals surface area contributed by atoms with Gasteiger partial charge in [0.05, 0.1) is 12.2 Å². The van der Waals surface area contributed by atoms with E-state index in [0.717, 1.165) is 6.42 Å². The highest BCUT2D eigenvalue weighted by Crippen LogP contribution is 2.26. The summed E-state index contributed by atoms with van der Waals surface area (Å²) >= 11 is 3.45. The van der Waals surface area contributed by atoms with Gasteiger partial charge >= 0.3 is 6.09 Å². The Balaban J connectivity index is 2.28. The number of imidazole rings is 1. The summed E-state index contributed by atoms with van der Waals surface area (Å²) in [5.41, 5.74) is 0.394. The van der Waals surface area contributed by atoms with Gasteiger partial charge in [-0.05, 0) is 55.5 Å². The Hall–Kier alpha value is -1.90. The van der Waals surface area contributed by atoms with Gasteiger partial charge in [0.25, 0.3) is 0 Å². The maximum absolute atomic E-state index is 13.1. The molecule has 8 nitrogen and oxygen atoms in total. The second-order valence-corrected chi connectivity index (χ2v) is 9.86. The third-order valence-corrected chi connectivity index (χ3v) is 5.50. The lowest BCUT2D eigenvalue weighted by Crippen LogP contribution is -2.37. The summed E-state index contributed by atoms with van der Waals surface area (Å²) in [5.74, 6) is -0.457. The minimum absolute atomic E-state index is 0.0841. The first-order valence-electron chi connectivity index (χ1n) is 10.4. The Morgan fingerprint density at radius 2 is 1.90 bits per heavy atom. The predicted molar refractivity (Wildman–Crippen MR) is 117 cm³/mol. The molecule has 1 aromatic heterocycles. The van der Waals surface area contributed by atoms with Crippen LogP contribution >= 0.6 is 15.9 Å². The van der Waals surface area contributed by atoms with E-state index >= 15 is 0 Å². The molecule has 0 saturated carbocycles. The van der Waals surface area contributed by atoms with E-state index in [4.69, 9.17) is 4.74 Å². The van der Waals surface area contributed by atoms with Crippen molar-refractivity contribution in [1.82, 2.24) is 19.8 Å². The first-order valence-corrected chi connectivity index (χ1v) is 11.2. The lowest BCUT2D eigenvalue weighted by atomic mass is 9.90. The molecule has 1 atom stereocenters. The molecule has 0 fully saturated rings. The van der Waals surface area contributed by atoms with Crippen LogP contribution in [0.3, 0.4) is 0 Å². The molecule has 0 radical (unpaired) electrons. The zero-order valence-corrected chi connectivity index (χ0v) is 20.3. The number of nitrogens with zero attached hydrogens (tertiary/aromatic N) is 3. The molecule has 30 heavy (non-hydrogen) atoms. The number of ketones is 1. The second kappa shape index (κ2) is 9.94. The van der Waals surface area contributed by atoms with E-state index in [-0.39, 0.29) is 30.6 Å². The van der Waals surface area contributed by atoms with Crippen molar-refractivity contribution in [3.05, 3.63) is 16.1 Å². The van der Waals surface area contributed by atoms with Crippen molar-refractivity contribution in [2.45, 2.75) is 72.6 Å². The zero-order chi connectivity index (χ0) is 22.6. The van der Waals surface area contributed by atoms with E-state index in [1.54, 1.807) is 11.9 Å². The number of nitrogens with one attached hydrogen (secondary N) is 1. The number of ether oxygens (including phenoxy) is 1. The van der Waals surface area contributed by atoms with Gasteiger partial charge in [-0.15, -0.1) is 0 Å². The molecule has 9 heteroatoms. The summed E-state index contributed by atoms with van der Waals surface area (Å²) in [4.78, 5) is 44.1. The van der Waals surface area contributed by atoms with Crippen molar-refractivity contribution in [2.75, 3.05) is 13.6 Å². The van der Waals surface area contributed by atoms with Crippen LogP contribution in [0.5, 0.6) is 0 Å². The van der Waals surface area contributed by atoms with Crippen molar-refractivity contribution >= 4 is 33.7 Å². The quantitative estimate of drug-likeness (QED) is 0.620. The average molecular weight is 485 g/mol.